The van der Waals surface area contributed by atoms with E-state index >= 15 is 0 Å². The number of hydrogen-bond donors (Lipinski definition) is 0. The van der Waals surface area contributed by atoms with Crippen LogP contribution in [-0.2, 0) is 10.2 Å². The van der Waals surface area contributed by atoms with E-state index < -0.39 is 0 Å². The van der Waals surface area contributed by atoms with Gasteiger partial charge in [-0.05, 0) is 49.8 Å². The molecule has 0 N–H and O–H groups in total. The second-order valence-corrected chi connectivity index (χ2v) is 7.49. The van der Waals surface area contributed by atoms with Crippen molar-refractivity contribution in [3.05, 3.63) is 83.1 Å². The van der Waals surface area contributed by atoms with E-state index in [4.69, 9.17) is 4.74 Å². The maximum atomic E-state index is 6.13. The van der Waals surface area contributed by atoms with Gasteiger partial charge < -0.3 is 4.74 Å². The highest BCUT2D eigenvalue weighted by molar-refractivity contribution is 5.47. The normalized spacial score (nSPS) is 13.0. The largest absolute Gasteiger partial charge is 0.495 e. The molecule has 2 rings (SSSR count). The minimum atomic E-state index is -0.326. The minimum absolute atomic E-state index is 0.110. The second kappa shape index (κ2) is 10.3. The molecule has 0 aliphatic heterocycles. The van der Waals surface area contributed by atoms with Gasteiger partial charge in [-0.3, -0.25) is 0 Å². The summed E-state index contributed by atoms with van der Waals surface area (Å²) in [5.41, 5.74) is 4.78. The average Bonchev–Trinajstić information content (AvgIpc) is 2.65. The molecule has 0 saturated carbocycles. The van der Waals surface area contributed by atoms with E-state index in [1.165, 1.54) is 22.3 Å². The lowest BCUT2D eigenvalue weighted by Gasteiger charge is -2.37. The van der Waals surface area contributed by atoms with E-state index in [1.807, 2.05) is 13.8 Å². The lowest BCUT2D eigenvalue weighted by Crippen LogP contribution is -2.31. The Hall–Kier alpha value is -2.02. The van der Waals surface area contributed by atoms with Crippen LogP contribution in [0.25, 0.3) is 0 Å². The van der Waals surface area contributed by atoms with Crippen LogP contribution in [0, 0.1) is 6.92 Å². The third kappa shape index (κ3) is 5.25. The molecular weight excluding hydrogens is 328 g/mol. The molecule has 0 spiro atoms. The Balaban J connectivity index is 0.00000176. The summed E-state index contributed by atoms with van der Waals surface area (Å²) in [6.45, 7) is 21.2. The van der Waals surface area contributed by atoms with Crippen molar-refractivity contribution in [3.8, 4) is 0 Å². The van der Waals surface area contributed by atoms with Crippen molar-refractivity contribution in [3.63, 3.8) is 0 Å². The smallest absolute Gasteiger partial charge is 0.104 e. The highest BCUT2D eigenvalue weighted by Crippen LogP contribution is 2.42. The summed E-state index contributed by atoms with van der Waals surface area (Å²) in [5.74, 6) is 1.35. The molecule has 1 nitrogen and oxygen atoms in total. The average molecular weight is 367 g/mol. The van der Waals surface area contributed by atoms with Gasteiger partial charge in [0.1, 0.15) is 5.76 Å². The van der Waals surface area contributed by atoms with E-state index in [2.05, 4.69) is 96.7 Å². The van der Waals surface area contributed by atoms with E-state index in [0.29, 0.717) is 5.92 Å². The van der Waals surface area contributed by atoms with Gasteiger partial charge >= 0.3 is 0 Å². The molecule has 1 unspecified atom stereocenters. The van der Waals surface area contributed by atoms with Crippen molar-refractivity contribution in [1.29, 1.82) is 0 Å². The van der Waals surface area contributed by atoms with Gasteiger partial charge in [0, 0.05) is 0 Å². The molecule has 0 aliphatic carbocycles. The monoisotopic (exact) mass is 366 g/mol. The number of allylic oxidation sites excluding steroid dienone is 1. The summed E-state index contributed by atoms with van der Waals surface area (Å²) in [5, 5.41) is 0. The Bertz CT molecular complexity index is 692. The molecule has 2 aromatic rings. The Labute approximate surface area is 167 Å². The van der Waals surface area contributed by atoms with Gasteiger partial charge in [0.05, 0.1) is 11.5 Å². The first-order valence-electron chi connectivity index (χ1n) is 10.3. The van der Waals surface area contributed by atoms with Gasteiger partial charge in [-0.1, -0.05) is 95.3 Å². The van der Waals surface area contributed by atoms with Gasteiger partial charge in [-0.2, -0.15) is 0 Å². The maximum absolute atomic E-state index is 6.13. The molecule has 0 aromatic heterocycles. The van der Waals surface area contributed by atoms with Crippen LogP contribution in [0.1, 0.15) is 83.1 Å². The van der Waals surface area contributed by atoms with Crippen LogP contribution < -0.4 is 0 Å². The molecule has 148 valence electrons. The van der Waals surface area contributed by atoms with Crippen molar-refractivity contribution >= 4 is 0 Å². The molecule has 0 bridgehead atoms. The van der Waals surface area contributed by atoms with Crippen LogP contribution >= 0.6 is 0 Å². The quantitative estimate of drug-likeness (QED) is 0.455. The minimum Gasteiger partial charge on any atom is -0.495 e. The lowest BCUT2D eigenvalue weighted by atomic mass is 9.70. The first-order chi connectivity index (χ1) is 12.8. The topological polar surface area (TPSA) is 9.23 Å². The zero-order chi connectivity index (χ0) is 20.6. The first-order valence-corrected chi connectivity index (χ1v) is 10.3. The molecule has 2 aromatic carbocycles. The van der Waals surface area contributed by atoms with Gasteiger partial charge in [-0.15, -0.1) is 0 Å². The molecule has 0 amide bonds. The number of rotatable bonds is 7. The fraction of sp³-hybridized carbons (Fsp3) is 0.462. The predicted octanol–water partition coefficient (Wildman–Crippen LogP) is 7.78. The van der Waals surface area contributed by atoms with Crippen LogP contribution in [-0.4, -0.2) is 6.10 Å². The van der Waals surface area contributed by atoms with E-state index in [-0.39, 0.29) is 11.5 Å². The van der Waals surface area contributed by atoms with Crippen molar-refractivity contribution in [2.75, 3.05) is 0 Å². The predicted molar refractivity (Wildman–Crippen MR) is 119 cm³/mol. The molecule has 0 aliphatic rings. The molecule has 0 heterocycles. The highest BCUT2D eigenvalue weighted by Gasteiger charge is 2.37. The van der Waals surface area contributed by atoms with E-state index in [1.54, 1.807) is 0 Å². The van der Waals surface area contributed by atoms with Gasteiger partial charge in [0.25, 0.3) is 0 Å². The van der Waals surface area contributed by atoms with Crippen LogP contribution in [0.2, 0.25) is 0 Å². The van der Waals surface area contributed by atoms with Gasteiger partial charge in [-0.25, -0.2) is 0 Å². The van der Waals surface area contributed by atoms with Crippen LogP contribution in [0.3, 0.4) is 0 Å². The summed E-state index contributed by atoms with van der Waals surface area (Å²) in [7, 11) is 0. The SMILES string of the molecule is C=C(OC(C)C)C(CC)(c1ccc(C)cc1)c1ccc(C(C)C)cc1.CC. The van der Waals surface area contributed by atoms with Crippen molar-refractivity contribution in [2.24, 2.45) is 0 Å². The first kappa shape index (κ1) is 23.0. The zero-order valence-corrected chi connectivity index (χ0v) is 18.6. The summed E-state index contributed by atoms with van der Waals surface area (Å²) in [6.07, 6.45) is 1.02. The summed E-state index contributed by atoms with van der Waals surface area (Å²) < 4.78 is 6.13. The lowest BCUT2D eigenvalue weighted by molar-refractivity contribution is 0.117. The Kier molecular flexibility index (Phi) is 8.82. The van der Waals surface area contributed by atoms with Crippen LogP contribution in [0.15, 0.2) is 60.9 Å². The van der Waals surface area contributed by atoms with Crippen LogP contribution in [0.4, 0.5) is 0 Å². The van der Waals surface area contributed by atoms with E-state index in [0.717, 1.165) is 12.2 Å². The second-order valence-electron chi connectivity index (χ2n) is 7.49. The molecule has 1 atom stereocenters. The summed E-state index contributed by atoms with van der Waals surface area (Å²) in [4.78, 5) is 0. The van der Waals surface area contributed by atoms with Crippen LogP contribution in [0.5, 0.6) is 0 Å². The van der Waals surface area contributed by atoms with Crippen molar-refractivity contribution < 1.29 is 4.74 Å². The zero-order valence-electron chi connectivity index (χ0n) is 18.6. The molecule has 0 fully saturated rings. The molecule has 1 heteroatoms. The summed E-state index contributed by atoms with van der Waals surface area (Å²) in [6, 6.07) is 17.7. The Morgan fingerprint density at radius 2 is 1.33 bits per heavy atom. The van der Waals surface area contributed by atoms with Gasteiger partial charge in [0.2, 0.25) is 0 Å². The number of aryl methyl sites for hydroxylation is 1. The Morgan fingerprint density at radius 1 is 0.889 bits per heavy atom. The highest BCUT2D eigenvalue weighted by atomic mass is 16.5. The summed E-state index contributed by atoms with van der Waals surface area (Å²) >= 11 is 0. The molecular formula is C26H38O. The standard InChI is InChI=1S/C24H32O.C2H6/c1-8-24(20(7)25-18(4)5,22-13-9-19(6)10-14-22)23-15-11-21(12-16-23)17(2)3;1-2/h9-18H,7-8H2,1-6H3;1-2H3. The van der Waals surface area contributed by atoms with Gasteiger partial charge in [0.15, 0.2) is 0 Å². The fourth-order valence-corrected chi connectivity index (χ4v) is 3.47. The Morgan fingerprint density at radius 3 is 1.70 bits per heavy atom. The number of ether oxygens (including phenoxy) is 1. The van der Waals surface area contributed by atoms with Crippen molar-refractivity contribution in [1.82, 2.24) is 0 Å². The number of hydrogen-bond acceptors (Lipinski definition) is 1. The fourth-order valence-electron chi connectivity index (χ4n) is 3.47. The third-order valence-corrected chi connectivity index (χ3v) is 5.00. The maximum Gasteiger partial charge on any atom is 0.104 e. The molecule has 27 heavy (non-hydrogen) atoms. The van der Waals surface area contributed by atoms with E-state index in [9.17, 15) is 0 Å². The third-order valence-electron chi connectivity index (χ3n) is 5.00. The number of benzene rings is 2. The molecule has 0 saturated heterocycles. The van der Waals surface area contributed by atoms with Crippen molar-refractivity contribution in [2.45, 2.75) is 79.2 Å². The molecule has 0 radical (unpaired) electrons.